The number of nitrogens with zero attached hydrogens (tertiary/aromatic N) is 1. The maximum Gasteiger partial charge on any atom is 0.277 e. The number of aromatic hydroxyl groups is 1. The lowest BCUT2D eigenvalue weighted by atomic mass is 9.95. The van der Waals surface area contributed by atoms with Crippen molar-refractivity contribution in [2.75, 3.05) is 13.1 Å². The minimum atomic E-state index is -0.225. The Hall–Kier alpha value is -2.46. The van der Waals surface area contributed by atoms with E-state index in [4.69, 9.17) is 0 Å². The highest BCUT2D eigenvalue weighted by Gasteiger charge is 2.17. The zero-order valence-electron chi connectivity index (χ0n) is 13.2. The Balaban J connectivity index is 1.99. The first-order chi connectivity index (χ1) is 11.2. The van der Waals surface area contributed by atoms with Crippen molar-refractivity contribution < 1.29 is 9.90 Å². The normalized spacial score (nSPS) is 14.6. The molecule has 4 nitrogen and oxygen atoms in total. The molecule has 1 aliphatic heterocycles. The Morgan fingerprint density at radius 1 is 1.09 bits per heavy atom. The quantitative estimate of drug-likeness (QED) is 0.894. The van der Waals surface area contributed by atoms with Gasteiger partial charge in [0.05, 0.1) is 0 Å². The summed E-state index contributed by atoms with van der Waals surface area (Å²) in [6, 6.07) is 12.8. The van der Waals surface area contributed by atoms with Crippen LogP contribution in [0.5, 0.6) is 5.75 Å². The number of amides is 1. The first-order valence-corrected chi connectivity index (χ1v) is 7.86. The Morgan fingerprint density at radius 3 is 2.48 bits per heavy atom. The number of phenolic OH excluding ortho intramolecular Hbond substituents is 1. The van der Waals surface area contributed by atoms with Crippen LogP contribution in [0.2, 0.25) is 0 Å². The molecule has 1 fully saturated rings. The molecule has 2 aromatic carbocycles. The third-order valence-electron chi connectivity index (χ3n) is 4.18. The summed E-state index contributed by atoms with van der Waals surface area (Å²) in [5.74, 6) is -0.0450. The molecule has 4 heteroatoms. The molecule has 0 radical (unpaired) electrons. The van der Waals surface area contributed by atoms with Crippen molar-refractivity contribution in [3.05, 3.63) is 53.6 Å². The summed E-state index contributed by atoms with van der Waals surface area (Å²) in [5.41, 5.74) is 3.85. The molecule has 1 heterocycles. The number of benzene rings is 2. The van der Waals surface area contributed by atoms with Gasteiger partial charge in [0, 0.05) is 29.9 Å². The first kappa shape index (κ1) is 15.4. The van der Waals surface area contributed by atoms with Gasteiger partial charge in [-0.1, -0.05) is 30.3 Å². The van der Waals surface area contributed by atoms with Gasteiger partial charge in [0.15, 0.2) is 0 Å². The van der Waals surface area contributed by atoms with Crippen LogP contribution >= 0.6 is 0 Å². The molecule has 0 saturated carbocycles. The smallest absolute Gasteiger partial charge is 0.277 e. The number of rotatable bonds is 2. The highest BCUT2D eigenvalue weighted by molar-refractivity contribution is 6.06. The lowest BCUT2D eigenvalue weighted by Gasteiger charge is -2.15. The summed E-state index contributed by atoms with van der Waals surface area (Å²) in [6.45, 7) is 3.60. The van der Waals surface area contributed by atoms with E-state index in [2.05, 4.69) is 10.3 Å². The van der Waals surface area contributed by atoms with Crippen molar-refractivity contribution in [2.45, 2.75) is 19.8 Å². The summed E-state index contributed by atoms with van der Waals surface area (Å²) >= 11 is 0. The molecule has 118 valence electrons. The van der Waals surface area contributed by atoms with Crippen LogP contribution in [0.15, 0.2) is 47.5 Å². The molecular weight excluding hydrogens is 288 g/mol. The topological polar surface area (TPSA) is 61.7 Å². The molecule has 1 amide bonds. The number of aliphatic imine (C=N–C) groups is 1. The van der Waals surface area contributed by atoms with Gasteiger partial charge in [-0.25, -0.2) is 4.99 Å². The highest BCUT2D eigenvalue weighted by Crippen LogP contribution is 2.34. The fourth-order valence-corrected chi connectivity index (χ4v) is 2.93. The van der Waals surface area contributed by atoms with E-state index in [0.29, 0.717) is 11.1 Å². The van der Waals surface area contributed by atoms with E-state index in [-0.39, 0.29) is 11.7 Å². The predicted octanol–water partition coefficient (Wildman–Crippen LogP) is 3.33. The van der Waals surface area contributed by atoms with Crippen LogP contribution in [0.3, 0.4) is 0 Å². The van der Waals surface area contributed by atoms with E-state index in [1.807, 2.05) is 37.3 Å². The van der Waals surface area contributed by atoms with Crippen LogP contribution in [0.4, 0.5) is 0 Å². The van der Waals surface area contributed by atoms with Crippen LogP contribution in [0.25, 0.3) is 11.1 Å². The van der Waals surface area contributed by atoms with E-state index >= 15 is 0 Å². The summed E-state index contributed by atoms with van der Waals surface area (Å²) in [4.78, 5) is 16.8. The summed E-state index contributed by atoms with van der Waals surface area (Å²) in [6.07, 6.45) is 1.63. The molecule has 0 aliphatic carbocycles. The van der Waals surface area contributed by atoms with Gasteiger partial charge in [-0.3, -0.25) is 4.79 Å². The number of nitrogens with one attached hydrogen (secondary N) is 1. The second-order valence-electron chi connectivity index (χ2n) is 5.73. The fourth-order valence-electron chi connectivity index (χ4n) is 2.93. The number of hydrogen-bond donors (Lipinski definition) is 2. The summed E-state index contributed by atoms with van der Waals surface area (Å²) in [5, 5.41) is 13.5. The second-order valence-corrected chi connectivity index (χ2v) is 5.73. The largest absolute Gasteiger partial charge is 0.507 e. The van der Waals surface area contributed by atoms with Gasteiger partial charge in [-0.15, -0.1) is 0 Å². The van der Waals surface area contributed by atoms with Crippen LogP contribution in [-0.4, -0.2) is 29.8 Å². The second kappa shape index (κ2) is 6.75. The molecule has 1 saturated heterocycles. The maximum atomic E-state index is 12.5. The van der Waals surface area contributed by atoms with Crippen LogP contribution in [0, 0.1) is 6.92 Å². The number of hydrogen-bond acceptors (Lipinski definition) is 3. The zero-order valence-corrected chi connectivity index (χ0v) is 13.2. The number of phenols is 1. The zero-order chi connectivity index (χ0) is 16.2. The number of piperidine rings is 1. The van der Waals surface area contributed by atoms with Crippen molar-refractivity contribution >= 4 is 11.6 Å². The van der Waals surface area contributed by atoms with Gasteiger partial charge < -0.3 is 10.4 Å². The lowest BCUT2D eigenvalue weighted by Crippen LogP contribution is -2.28. The Bertz CT molecular complexity index is 743. The average Bonchev–Trinajstić information content (AvgIpc) is 2.57. The standard InChI is InChI=1S/C19H20N2O2/c1-13-16(19(23)21-15-9-11-20-12-10-15)7-8-17(22)18(13)14-5-3-2-4-6-14/h2-8,20,22H,9-12H2,1H3. The van der Waals surface area contributed by atoms with E-state index in [9.17, 15) is 9.90 Å². The van der Waals surface area contributed by atoms with Crippen molar-refractivity contribution in [2.24, 2.45) is 4.99 Å². The van der Waals surface area contributed by atoms with Crippen LogP contribution in [0.1, 0.15) is 28.8 Å². The maximum absolute atomic E-state index is 12.5. The van der Waals surface area contributed by atoms with E-state index in [0.717, 1.165) is 42.8 Å². The van der Waals surface area contributed by atoms with Gasteiger partial charge in [0.1, 0.15) is 5.75 Å². The van der Waals surface area contributed by atoms with Gasteiger partial charge in [0.25, 0.3) is 5.91 Å². The van der Waals surface area contributed by atoms with Crippen LogP contribution in [-0.2, 0) is 0 Å². The molecule has 2 aromatic rings. The molecule has 0 aromatic heterocycles. The van der Waals surface area contributed by atoms with E-state index in [1.165, 1.54) is 0 Å². The number of carbonyl (C=O) groups excluding carboxylic acids is 1. The van der Waals surface area contributed by atoms with Crippen molar-refractivity contribution in [1.82, 2.24) is 5.32 Å². The molecule has 2 N–H and O–H groups in total. The first-order valence-electron chi connectivity index (χ1n) is 7.86. The van der Waals surface area contributed by atoms with Gasteiger partial charge >= 0.3 is 0 Å². The summed E-state index contributed by atoms with van der Waals surface area (Å²) < 4.78 is 0. The van der Waals surface area contributed by atoms with E-state index in [1.54, 1.807) is 12.1 Å². The van der Waals surface area contributed by atoms with Crippen molar-refractivity contribution in [3.63, 3.8) is 0 Å². The monoisotopic (exact) mass is 308 g/mol. The Morgan fingerprint density at radius 2 is 1.78 bits per heavy atom. The SMILES string of the molecule is Cc1c(C(=O)N=C2CCNCC2)ccc(O)c1-c1ccccc1. The molecule has 0 bridgehead atoms. The Kier molecular flexibility index (Phi) is 4.53. The fraction of sp³-hybridized carbons (Fsp3) is 0.263. The molecule has 0 spiro atoms. The molecule has 1 aliphatic rings. The third-order valence-corrected chi connectivity index (χ3v) is 4.18. The molecule has 0 atom stereocenters. The van der Waals surface area contributed by atoms with Crippen LogP contribution < -0.4 is 5.32 Å². The average molecular weight is 308 g/mol. The molecule has 0 unspecified atom stereocenters. The minimum Gasteiger partial charge on any atom is -0.507 e. The summed E-state index contributed by atoms with van der Waals surface area (Å²) in [7, 11) is 0. The van der Waals surface area contributed by atoms with Crippen molar-refractivity contribution in [3.8, 4) is 16.9 Å². The van der Waals surface area contributed by atoms with E-state index < -0.39 is 0 Å². The lowest BCUT2D eigenvalue weighted by molar-refractivity contribution is 0.100. The molecule has 23 heavy (non-hydrogen) atoms. The van der Waals surface area contributed by atoms with Crippen molar-refractivity contribution in [1.29, 1.82) is 0 Å². The van der Waals surface area contributed by atoms with Gasteiger partial charge in [-0.05, 0) is 43.0 Å². The Labute approximate surface area is 135 Å². The minimum absolute atomic E-state index is 0.180. The van der Waals surface area contributed by atoms with Gasteiger partial charge in [0.2, 0.25) is 0 Å². The third kappa shape index (κ3) is 3.32. The van der Waals surface area contributed by atoms with Gasteiger partial charge in [-0.2, -0.15) is 0 Å². The molecule has 3 rings (SSSR count). The predicted molar refractivity (Wildman–Crippen MR) is 92.1 cm³/mol. The molecular formula is C19H20N2O2. The number of carbonyl (C=O) groups is 1. The highest BCUT2D eigenvalue weighted by atomic mass is 16.3.